The van der Waals surface area contributed by atoms with E-state index in [4.69, 9.17) is 19.4 Å². The van der Waals surface area contributed by atoms with Crippen LogP contribution in [-0.4, -0.2) is 87.2 Å². The fraction of sp³-hybridized carbons (Fsp3) is 0.433. The zero-order valence-electron chi connectivity index (χ0n) is 23.5. The number of piperidine rings is 1. The SMILES string of the molecule is CN1CC[C@]23c4c5ccc(O)c4O[C@H]2C(OC(=O)CCNC(=O)C(O)c2ccccc2)=CC[C@@]3(O)[C@H]1C5.O=C(O)C(F)(F)F. The second-order valence-corrected chi connectivity index (χ2v) is 11.2. The first-order valence-electron chi connectivity index (χ1n) is 13.9. The molecule has 236 valence electrons. The molecule has 2 aromatic rings. The van der Waals surface area contributed by atoms with Crippen LogP contribution < -0.4 is 10.1 Å². The predicted octanol–water partition coefficient (Wildman–Crippen LogP) is 2.09. The fourth-order valence-corrected chi connectivity index (χ4v) is 6.79. The van der Waals surface area contributed by atoms with Gasteiger partial charge < -0.3 is 40.1 Å². The van der Waals surface area contributed by atoms with Gasteiger partial charge in [0.05, 0.1) is 17.4 Å². The van der Waals surface area contributed by atoms with Crippen molar-refractivity contribution in [3.63, 3.8) is 0 Å². The molecule has 5 N–H and O–H groups in total. The Hall–Kier alpha value is -4.14. The second kappa shape index (κ2) is 11.4. The number of alkyl halides is 3. The van der Waals surface area contributed by atoms with Crippen LogP contribution in [0.4, 0.5) is 13.2 Å². The summed E-state index contributed by atoms with van der Waals surface area (Å²) in [5.74, 6) is -3.24. The number of aromatic hydroxyl groups is 1. The summed E-state index contributed by atoms with van der Waals surface area (Å²) in [4.78, 5) is 36.1. The number of nitrogens with zero attached hydrogens (tertiary/aromatic N) is 1. The van der Waals surface area contributed by atoms with Crippen LogP contribution in [-0.2, 0) is 31.0 Å². The van der Waals surface area contributed by atoms with Crippen molar-refractivity contribution in [1.29, 1.82) is 0 Å². The van der Waals surface area contributed by atoms with Crippen LogP contribution in [0.1, 0.15) is 42.1 Å². The van der Waals surface area contributed by atoms with Gasteiger partial charge in [-0.3, -0.25) is 9.59 Å². The van der Waals surface area contributed by atoms with E-state index in [2.05, 4.69) is 10.2 Å². The monoisotopic (exact) mass is 620 g/mol. The number of aliphatic hydroxyl groups excluding tert-OH is 1. The zero-order valence-corrected chi connectivity index (χ0v) is 23.5. The van der Waals surface area contributed by atoms with Gasteiger partial charge >= 0.3 is 18.1 Å². The van der Waals surface area contributed by atoms with Gasteiger partial charge in [-0.2, -0.15) is 13.2 Å². The molecule has 1 saturated heterocycles. The van der Waals surface area contributed by atoms with Gasteiger partial charge in [-0.25, -0.2) is 4.79 Å². The summed E-state index contributed by atoms with van der Waals surface area (Å²) in [6, 6.07) is 11.9. The van der Waals surface area contributed by atoms with Gasteiger partial charge in [-0.05, 0) is 49.7 Å². The molecule has 0 aromatic heterocycles. The van der Waals surface area contributed by atoms with Crippen molar-refractivity contribution in [2.45, 2.75) is 61.1 Å². The molecule has 2 bridgehead atoms. The van der Waals surface area contributed by atoms with Gasteiger partial charge in [0.25, 0.3) is 5.91 Å². The molecule has 2 aromatic carbocycles. The first-order chi connectivity index (χ1) is 20.7. The number of aliphatic carboxylic acids is 1. The van der Waals surface area contributed by atoms with Crippen molar-refractivity contribution in [3.05, 3.63) is 71.0 Å². The number of hydrogen-bond donors (Lipinski definition) is 5. The highest BCUT2D eigenvalue weighted by Gasteiger charge is 2.72. The number of aliphatic hydroxyl groups is 2. The second-order valence-electron chi connectivity index (χ2n) is 11.2. The maximum Gasteiger partial charge on any atom is 0.490 e. The number of likely N-dealkylation sites (tertiary alicyclic amines) is 1. The number of esters is 1. The average molecular weight is 621 g/mol. The molecule has 6 rings (SSSR count). The highest BCUT2D eigenvalue weighted by Crippen LogP contribution is 2.65. The molecule has 2 aliphatic heterocycles. The Balaban J connectivity index is 0.000000493. The van der Waals surface area contributed by atoms with E-state index in [0.717, 1.165) is 17.7 Å². The van der Waals surface area contributed by atoms with Gasteiger partial charge in [0.1, 0.15) is 5.76 Å². The van der Waals surface area contributed by atoms with Crippen molar-refractivity contribution in [3.8, 4) is 11.5 Å². The lowest BCUT2D eigenvalue weighted by Gasteiger charge is -2.61. The minimum atomic E-state index is -5.08. The molecule has 1 amide bonds. The van der Waals surface area contributed by atoms with Gasteiger partial charge in [0.15, 0.2) is 23.7 Å². The maximum absolute atomic E-state index is 12.8. The Morgan fingerprint density at radius 1 is 1.18 bits per heavy atom. The summed E-state index contributed by atoms with van der Waals surface area (Å²) in [6.07, 6.45) is -4.02. The summed E-state index contributed by atoms with van der Waals surface area (Å²) < 4.78 is 43.8. The maximum atomic E-state index is 12.8. The third kappa shape index (κ3) is 5.16. The number of rotatable bonds is 6. The number of phenols is 1. The number of likely N-dealkylation sites (N-methyl/N-ethyl adjacent to an activating group) is 1. The number of halogens is 3. The van der Waals surface area contributed by atoms with Crippen molar-refractivity contribution >= 4 is 17.8 Å². The number of nitrogens with one attached hydrogen (secondary N) is 1. The molecule has 2 aliphatic carbocycles. The number of carboxylic acids is 1. The summed E-state index contributed by atoms with van der Waals surface area (Å²) in [5, 5.41) is 42.6. The Labute approximate surface area is 249 Å². The Morgan fingerprint density at radius 2 is 1.86 bits per heavy atom. The number of carbonyl (C=O) groups is 3. The van der Waals surface area contributed by atoms with Gasteiger partial charge in [0, 0.05) is 24.6 Å². The van der Waals surface area contributed by atoms with E-state index >= 15 is 0 Å². The minimum Gasteiger partial charge on any atom is -0.504 e. The molecule has 1 fully saturated rings. The molecule has 44 heavy (non-hydrogen) atoms. The molecule has 0 saturated carbocycles. The number of carboxylic acid groups (broad SMARTS) is 1. The van der Waals surface area contributed by atoms with Gasteiger partial charge in [0.2, 0.25) is 0 Å². The smallest absolute Gasteiger partial charge is 0.490 e. The molecular formula is C30H31F3N2O9. The molecule has 2 heterocycles. The standard InChI is InChI=1S/C28H30N2O7.C2HF3O2/c1-30-14-12-27-22-17-7-8-18(31)24(22)37-25(27)19(9-11-28(27,35)20(30)15-17)36-21(32)10-13-29-26(34)23(33)16-5-3-2-4-6-16;3-2(4,5)1(6)7/h2-9,20,23,25,31,33,35H,10-15H2,1H3,(H,29,34);(H,6,7)/t20-,23?,25+,27+,28-;/m1./s1. The van der Waals surface area contributed by atoms with Crippen LogP contribution >= 0.6 is 0 Å². The molecule has 14 heteroatoms. The van der Waals surface area contributed by atoms with E-state index in [1.165, 1.54) is 0 Å². The number of carbonyl (C=O) groups excluding carboxylic acids is 2. The third-order valence-electron chi connectivity index (χ3n) is 8.82. The molecule has 5 atom stereocenters. The van der Waals surface area contributed by atoms with E-state index in [1.807, 2.05) is 13.1 Å². The van der Waals surface area contributed by atoms with E-state index in [-0.39, 0.29) is 24.8 Å². The molecule has 1 unspecified atom stereocenters. The first-order valence-corrected chi connectivity index (χ1v) is 13.9. The Bertz CT molecular complexity index is 1500. The number of benzene rings is 2. The van der Waals surface area contributed by atoms with Gasteiger partial charge in [-0.15, -0.1) is 0 Å². The van der Waals surface area contributed by atoms with Crippen molar-refractivity contribution < 1.29 is 57.5 Å². The van der Waals surface area contributed by atoms with Crippen LogP contribution in [0.5, 0.6) is 11.5 Å². The first kappa shape index (κ1) is 31.3. The number of amides is 1. The lowest BCUT2D eigenvalue weighted by Crippen LogP contribution is -2.74. The zero-order chi connectivity index (χ0) is 32.0. The number of ether oxygens (including phenoxy) is 2. The molecule has 11 nitrogen and oxygen atoms in total. The van der Waals surface area contributed by atoms with E-state index in [1.54, 1.807) is 42.5 Å². The third-order valence-corrected chi connectivity index (χ3v) is 8.82. The van der Waals surface area contributed by atoms with Crippen LogP contribution in [0.2, 0.25) is 0 Å². The Morgan fingerprint density at radius 3 is 2.52 bits per heavy atom. The van der Waals surface area contributed by atoms with E-state index in [0.29, 0.717) is 36.3 Å². The molecular weight excluding hydrogens is 589 g/mol. The highest BCUT2D eigenvalue weighted by molar-refractivity contribution is 5.82. The minimum absolute atomic E-state index is 0.00647. The molecule has 1 spiro atoms. The van der Waals surface area contributed by atoms with Crippen LogP contribution in [0.25, 0.3) is 0 Å². The number of hydrogen-bond acceptors (Lipinski definition) is 9. The summed E-state index contributed by atoms with van der Waals surface area (Å²) in [5.41, 5.74) is 0.362. The summed E-state index contributed by atoms with van der Waals surface area (Å²) in [7, 11) is 2.01. The summed E-state index contributed by atoms with van der Waals surface area (Å²) in [6.45, 7) is 0.728. The Kier molecular flexibility index (Phi) is 8.12. The predicted molar refractivity (Wildman–Crippen MR) is 145 cm³/mol. The van der Waals surface area contributed by atoms with E-state index in [9.17, 15) is 38.1 Å². The van der Waals surface area contributed by atoms with Crippen molar-refractivity contribution in [2.24, 2.45) is 0 Å². The van der Waals surface area contributed by atoms with Crippen LogP contribution in [0.15, 0.2) is 54.3 Å². The molecule has 4 aliphatic rings. The van der Waals surface area contributed by atoms with Crippen LogP contribution in [0.3, 0.4) is 0 Å². The lowest BCUT2D eigenvalue weighted by atomic mass is 9.50. The highest BCUT2D eigenvalue weighted by atomic mass is 19.4. The number of phenolic OH excluding ortho intramolecular Hbond substituents is 1. The summed E-state index contributed by atoms with van der Waals surface area (Å²) >= 11 is 0. The van der Waals surface area contributed by atoms with Crippen molar-refractivity contribution in [2.75, 3.05) is 20.1 Å². The largest absolute Gasteiger partial charge is 0.504 e. The topological polar surface area (TPSA) is 166 Å². The van der Waals surface area contributed by atoms with Crippen molar-refractivity contribution in [1.82, 2.24) is 10.2 Å². The van der Waals surface area contributed by atoms with E-state index < -0.39 is 47.2 Å². The quantitative estimate of drug-likeness (QED) is 0.302. The van der Waals surface area contributed by atoms with Crippen LogP contribution in [0, 0.1) is 0 Å². The lowest BCUT2D eigenvalue weighted by molar-refractivity contribution is -0.192. The molecule has 0 radical (unpaired) electrons. The van der Waals surface area contributed by atoms with Gasteiger partial charge in [-0.1, -0.05) is 36.4 Å². The fourth-order valence-electron chi connectivity index (χ4n) is 6.79. The average Bonchev–Trinajstić information content (AvgIpc) is 3.34. The normalized spacial score (nSPS) is 27.0.